The Morgan fingerprint density at radius 1 is 0.964 bits per heavy atom. The second-order valence-electron chi connectivity index (χ2n) is 6.07. The maximum Gasteiger partial charge on any atom is 0.271 e. The third-order valence-electron chi connectivity index (χ3n) is 3.98. The van der Waals surface area contributed by atoms with E-state index in [1.165, 1.54) is 28.9 Å². The molecule has 0 aliphatic rings. The number of rotatable bonds is 6. The van der Waals surface area contributed by atoms with Gasteiger partial charge in [0.25, 0.3) is 11.5 Å². The summed E-state index contributed by atoms with van der Waals surface area (Å²) in [6, 6.07) is 17.8. The van der Waals surface area contributed by atoms with Gasteiger partial charge in [-0.3, -0.25) is 9.59 Å². The molecule has 1 aromatic heterocycles. The molecule has 1 heterocycles. The Morgan fingerprint density at radius 3 is 2.29 bits per heavy atom. The van der Waals surface area contributed by atoms with Gasteiger partial charge in [0.2, 0.25) is 10.0 Å². The van der Waals surface area contributed by atoms with E-state index in [0.29, 0.717) is 5.56 Å². The highest BCUT2D eigenvalue weighted by atomic mass is 32.2. The molecule has 3 N–H and O–H groups in total. The van der Waals surface area contributed by atoms with E-state index in [9.17, 15) is 18.0 Å². The van der Waals surface area contributed by atoms with Gasteiger partial charge in [-0.25, -0.2) is 18.2 Å². The van der Waals surface area contributed by atoms with E-state index in [0.717, 1.165) is 5.56 Å². The lowest BCUT2D eigenvalue weighted by Gasteiger charge is -2.08. The van der Waals surface area contributed by atoms with Gasteiger partial charge in [-0.05, 0) is 29.3 Å². The van der Waals surface area contributed by atoms with Crippen LogP contribution in [0.5, 0.6) is 0 Å². The van der Waals surface area contributed by atoms with Gasteiger partial charge in [0.1, 0.15) is 5.69 Å². The Balaban J connectivity index is 1.69. The van der Waals surface area contributed by atoms with Crippen molar-refractivity contribution in [3.63, 3.8) is 0 Å². The van der Waals surface area contributed by atoms with Crippen LogP contribution in [0, 0.1) is 0 Å². The molecule has 0 spiro atoms. The van der Waals surface area contributed by atoms with Crippen LogP contribution in [0.15, 0.2) is 76.4 Å². The minimum absolute atomic E-state index is 0.00256. The Labute approximate surface area is 161 Å². The average molecular weight is 398 g/mol. The first-order valence-corrected chi connectivity index (χ1v) is 9.89. The highest BCUT2D eigenvalue weighted by Crippen LogP contribution is 2.08. The topological polar surface area (TPSA) is 124 Å². The third kappa shape index (κ3) is 4.90. The number of carbonyl (C=O) groups excluding carboxylic acids is 1. The summed E-state index contributed by atoms with van der Waals surface area (Å²) in [6.45, 7) is 0.430. The van der Waals surface area contributed by atoms with E-state index in [2.05, 4.69) is 10.4 Å². The first-order valence-electron chi connectivity index (χ1n) is 8.35. The standard InChI is InChI=1S/C19H18N4O4S/c20-28(26,27)16-8-6-14(7-9-16)12-21-19(25)17-10-11-18(24)23(22-17)13-15-4-2-1-3-5-15/h1-11H,12-13H2,(H,21,25)(H2,20,26,27). The highest BCUT2D eigenvalue weighted by Gasteiger charge is 2.11. The zero-order valence-electron chi connectivity index (χ0n) is 14.8. The molecule has 0 unspecified atom stereocenters. The molecule has 1 amide bonds. The molecule has 0 radical (unpaired) electrons. The molecule has 0 aliphatic carbocycles. The van der Waals surface area contributed by atoms with Crippen LogP contribution in [0.1, 0.15) is 21.6 Å². The van der Waals surface area contributed by atoms with Crippen molar-refractivity contribution in [2.75, 3.05) is 0 Å². The summed E-state index contributed by atoms with van der Waals surface area (Å²) >= 11 is 0. The van der Waals surface area contributed by atoms with Crippen molar-refractivity contribution in [2.24, 2.45) is 5.14 Å². The lowest BCUT2D eigenvalue weighted by Crippen LogP contribution is -2.29. The van der Waals surface area contributed by atoms with Crippen LogP contribution >= 0.6 is 0 Å². The maximum atomic E-state index is 12.4. The Kier molecular flexibility index (Phi) is 5.67. The second-order valence-corrected chi connectivity index (χ2v) is 7.63. The van der Waals surface area contributed by atoms with Crippen molar-refractivity contribution >= 4 is 15.9 Å². The fraction of sp³-hybridized carbons (Fsp3) is 0.105. The van der Waals surface area contributed by atoms with E-state index >= 15 is 0 Å². The SMILES string of the molecule is NS(=O)(=O)c1ccc(CNC(=O)c2ccc(=O)n(Cc3ccccc3)n2)cc1. The molecule has 28 heavy (non-hydrogen) atoms. The van der Waals surface area contributed by atoms with E-state index in [-0.39, 0.29) is 29.2 Å². The molecule has 3 rings (SSSR count). The van der Waals surface area contributed by atoms with Gasteiger partial charge < -0.3 is 5.32 Å². The predicted octanol–water partition coefficient (Wildman–Crippen LogP) is 0.869. The Morgan fingerprint density at radius 2 is 1.64 bits per heavy atom. The maximum absolute atomic E-state index is 12.4. The van der Waals surface area contributed by atoms with Gasteiger partial charge >= 0.3 is 0 Å². The lowest BCUT2D eigenvalue weighted by atomic mass is 10.2. The molecule has 144 valence electrons. The number of nitrogens with one attached hydrogen (secondary N) is 1. The number of benzene rings is 2. The van der Waals surface area contributed by atoms with E-state index in [1.807, 2.05) is 30.3 Å². The number of amides is 1. The number of sulfonamides is 1. The summed E-state index contributed by atoms with van der Waals surface area (Å²) in [5.41, 5.74) is 1.39. The Bertz CT molecular complexity index is 1140. The van der Waals surface area contributed by atoms with Gasteiger partial charge in [-0.2, -0.15) is 5.10 Å². The molecule has 9 heteroatoms. The summed E-state index contributed by atoms with van der Waals surface area (Å²) in [6.07, 6.45) is 0. The monoisotopic (exact) mass is 398 g/mol. The number of nitrogens with two attached hydrogens (primary N) is 1. The van der Waals surface area contributed by atoms with Gasteiger partial charge in [0, 0.05) is 12.6 Å². The molecule has 0 saturated carbocycles. The Hall–Kier alpha value is -3.30. The number of primary sulfonamides is 1. The molecule has 0 saturated heterocycles. The normalized spacial score (nSPS) is 11.2. The fourth-order valence-electron chi connectivity index (χ4n) is 2.51. The minimum Gasteiger partial charge on any atom is -0.347 e. The molecule has 3 aromatic rings. The first-order chi connectivity index (χ1) is 13.3. The molecular formula is C19H18N4O4S. The lowest BCUT2D eigenvalue weighted by molar-refractivity contribution is 0.0943. The fourth-order valence-corrected chi connectivity index (χ4v) is 3.02. The van der Waals surface area contributed by atoms with Crippen molar-refractivity contribution in [2.45, 2.75) is 18.0 Å². The number of hydrogen-bond donors (Lipinski definition) is 2. The first kappa shape index (κ1) is 19.5. The number of carbonyl (C=O) groups is 1. The molecule has 0 atom stereocenters. The number of hydrogen-bond acceptors (Lipinski definition) is 5. The molecule has 0 bridgehead atoms. The quantitative estimate of drug-likeness (QED) is 0.637. The minimum atomic E-state index is -3.76. The van der Waals surface area contributed by atoms with Crippen molar-refractivity contribution in [3.05, 3.63) is 93.9 Å². The summed E-state index contributed by atoms with van der Waals surface area (Å²) < 4.78 is 23.7. The molecular weight excluding hydrogens is 380 g/mol. The van der Waals surface area contributed by atoms with Crippen LogP contribution in [-0.4, -0.2) is 24.1 Å². The summed E-state index contributed by atoms with van der Waals surface area (Å²) in [7, 11) is -3.76. The van der Waals surface area contributed by atoms with Gasteiger partial charge in [0.05, 0.1) is 11.4 Å². The van der Waals surface area contributed by atoms with Crippen LogP contribution in [0.25, 0.3) is 0 Å². The molecule has 2 aromatic carbocycles. The van der Waals surface area contributed by atoms with Crippen LogP contribution in [0.2, 0.25) is 0 Å². The van der Waals surface area contributed by atoms with Crippen molar-refractivity contribution < 1.29 is 13.2 Å². The molecule has 0 fully saturated rings. The summed E-state index contributed by atoms with van der Waals surface area (Å²) in [5.74, 6) is -0.447. The van der Waals surface area contributed by atoms with E-state index < -0.39 is 15.9 Å². The summed E-state index contributed by atoms with van der Waals surface area (Å²) in [4.78, 5) is 24.4. The number of nitrogens with zero attached hydrogens (tertiary/aromatic N) is 2. The van der Waals surface area contributed by atoms with Crippen molar-refractivity contribution in [1.82, 2.24) is 15.1 Å². The van der Waals surface area contributed by atoms with Crippen LogP contribution in [-0.2, 0) is 23.1 Å². The van der Waals surface area contributed by atoms with Crippen molar-refractivity contribution in [1.29, 1.82) is 0 Å². The van der Waals surface area contributed by atoms with Gasteiger partial charge in [-0.15, -0.1) is 0 Å². The van der Waals surface area contributed by atoms with Gasteiger partial charge in [0.15, 0.2) is 0 Å². The molecule has 8 nitrogen and oxygen atoms in total. The van der Waals surface area contributed by atoms with Gasteiger partial charge in [-0.1, -0.05) is 42.5 Å². The van der Waals surface area contributed by atoms with E-state index in [1.54, 1.807) is 12.1 Å². The third-order valence-corrected chi connectivity index (χ3v) is 4.91. The van der Waals surface area contributed by atoms with Crippen molar-refractivity contribution in [3.8, 4) is 0 Å². The largest absolute Gasteiger partial charge is 0.347 e. The van der Waals surface area contributed by atoms with E-state index in [4.69, 9.17) is 5.14 Å². The zero-order valence-corrected chi connectivity index (χ0v) is 15.6. The predicted molar refractivity (Wildman–Crippen MR) is 103 cm³/mol. The van der Waals surface area contributed by atoms with Crippen LogP contribution < -0.4 is 16.0 Å². The summed E-state index contributed by atoms with van der Waals surface area (Å²) in [5, 5.41) is 11.9. The zero-order chi connectivity index (χ0) is 20.1. The van der Waals surface area contributed by atoms with Crippen LogP contribution in [0.4, 0.5) is 0 Å². The number of aromatic nitrogens is 2. The average Bonchev–Trinajstić information content (AvgIpc) is 2.68. The van der Waals surface area contributed by atoms with Crippen LogP contribution in [0.3, 0.4) is 0 Å². The second kappa shape index (κ2) is 8.15. The molecule has 0 aliphatic heterocycles. The smallest absolute Gasteiger partial charge is 0.271 e. The highest BCUT2D eigenvalue weighted by molar-refractivity contribution is 7.89.